The Balaban J connectivity index is 1.25. The number of methoxy groups -OCH3 is 1. The number of amides is 3. The second-order valence-corrected chi connectivity index (χ2v) is 15.1. The number of carbonyl (C=O) groups is 3. The third-order valence-corrected chi connectivity index (χ3v) is 11.2. The number of rotatable bonds is 6. The number of benzene rings is 1. The first kappa shape index (κ1) is 31.3. The van der Waals surface area contributed by atoms with E-state index in [1.165, 1.54) is 11.1 Å². The molecule has 0 radical (unpaired) electrons. The van der Waals surface area contributed by atoms with E-state index in [0.717, 1.165) is 19.3 Å². The summed E-state index contributed by atoms with van der Waals surface area (Å²) in [5, 5.41) is 2.32. The van der Waals surface area contributed by atoms with Crippen LogP contribution >= 0.6 is 0 Å². The molecule has 12 nitrogen and oxygen atoms in total. The summed E-state index contributed by atoms with van der Waals surface area (Å²) in [6, 6.07) is 4.44. The van der Waals surface area contributed by atoms with Crippen molar-refractivity contribution in [2.45, 2.75) is 88.1 Å². The van der Waals surface area contributed by atoms with Crippen LogP contribution in [0.1, 0.15) is 65.2 Å². The SMILES string of the molecule is COc1ccc2ncc(O[C@@H]3C[C@H]4C(=O)N[C@]5(C(=O)NS(=O)(=O)C6CC6)C[C@H]5/C=C\[C@@H](C)CCC[C@@H](C)CC(=O)N4C3)nc2c1. The molecule has 0 bridgehead atoms. The maximum Gasteiger partial charge on any atom is 0.259 e. The summed E-state index contributed by atoms with van der Waals surface area (Å²) in [6.45, 7) is 4.30. The van der Waals surface area contributed by atoms with Crippen molar-refractivity contribution < 1.29 is 32.3 Å². The molecule has 2 saturated carbocycles. The van der Waals surface area contributed by atoms with Crippen LogP contribution in [0.4, 0.5) is 0 Å². The largest absolute Gasteiger partial charge is 0.497 e. The zero-order valence-electron chi connectivity index (χ0n) is 25.9. The van der Waals surface area contributed by atoms with E-state index in [0.29, 0.717) is 29.6 Å². The minimum absolute atomic E-state index is 0.127. The summed E-state index contributed by atoms with van der Waals surface area (Å²) in [6.07, 6.45) is 9.43. The van der Waals surface area contributed by atoms with Crippen molar-refractivity contribution in [1.29, 1.82) is 0 Å². The van der Waals surface area contributed by atoms with E-state index in [9.17, 15) is 22.8 Å². The topological polar surface area (TPSA) is 157 Å². The van der Waals surface area contributed by atoms with Gasteiger partial charge < -0.3 is 19.7 Å². The van der Waals surface area contributed by atoms with Crippen LogP contribution in [0.2, 0.25) is 0 Å². The summed E-state index contributed by atoms with van der Waals surface area (Å²) < 4.78 is 39.1. The van der Waals surface area contributed by atoms with Gasteiger partial charge in [0.2, 0.25) is 27.7 Å². The van der Waals surface area contributed by atoms with Crippen LogP contribution in [0.15, 0.2) is 36.5 Å². The van der Waals surface area contributed by atoms with Gasteiger partial charge >= 0.3 is 0 Å². The van der Waals surface area contributed by atoms with Crippen LogP contribution in [-0.4, -0.2) is 77.6 Å². The molecule has 3 amide bonds. The lowest BCUT2D eigenvalue weighted by Crippen LogP contribution is -2.56. The monoisotopic (exact) mass is 639 g/mol. The van der Waals surface area contributed by atoms with Gasteiger partial charge in [0.15, 0.2) is 0 Å². The van der Waals surface area contributed by atoms with Crippen LogP contribution in [0.5, 0.6) is 11.6 Å². The van der Waals surface area contributed by atoms with E-state index < -0.39 is 44.8 Å². The molecule has 2 N–H and O–H groups in total. The third kappa shape index (κ3) is 6.78. The molecule has 2 aliphatic carbocycles. The third-order valence-electron chi connectivity index (χ3n) is 9.42. The van der Waals surface area contributed by atoms with Gasteiger partial charge in [0, 0.05) is 24.8 Å². The first-order chi connectivity index (χ1) is 21.5. The summed E-state index contributed by atoms with van der Waals surface area (Å²) in [4.78, 5) is 51.7. The van der Waals surface area contributed by atoms with Gasteiger partial charge in [-0.15, -0.1) is 0 Å². The number of hydrogen-bond donors (Lipinski definition) is 2. The van der Waals surface area contributed by atoms with Gasteiger partial charge in [0.05, 0.1) is 36.1 Å². The molecule has 1 saturated heterocycles. The Hall–Kier alpha value is -3.74. The van der Waals surface area contributed by atoms with Crippen LogP contribution in [-0.2, 0) is 24.4 Å². The van der Waals surface area contributed by atoms with Crippen molar-refractivity contribution in [2.75, 3.05) is 13.7 Å². The lowest BCUT2D eigenvalue weighted by molar-refractivity contribution is -0.140. The van der Waals surface area contributed by atoms with Crippen molar-refractivity contribution in [3.63, 3.8) is 0 Å². The maximum atomic E-state index is 14.0. The maximum absolute atomic E-state index is 14.0. The number of nitrogens with zero attached hydrogens (tertiary/aromatic N) is 3. The number of ether oxygens (including phenoxy) is 2. The van der Waals surface area contributed by atoms with Crippen molar-refractivity contribution in [2.24, 2.45) is 17.8 Å². The number of allylic oxidation sites excluding steroid dienone is 1. The van der Waals surface area contributed by atoms with E-state index in [-0.39, 0.29) is 55.3 Å². The van der Waals surface area contributed by atoms with E-state index in [1.807, 2.05) is 19.1 Å². The number of aromatic nitrogens is 2. The van der Waals surface area contributed by atoms with Crippen molar-refractivity contribution in [3.8, 4) is 11.6 Å². The highest BCUT2D eigenvalue weighted by molar-refractivity contribution is 7.91. The Morgan fingerprint density at radius 1 is 1.11 bits per heavy atom. The predicted octanol–water partition coefficient (Wildman–Crippen LogP) is 2.87. The second kappa shape index (κ2) is 12.2. The Morgan fingerprint density at radius 2 is 1.91 bits per heavy atom. The molecule has 3 fully saturated rings. The first-order valence-electron chi connectivity index (χ1n) is 15.8. The molecule has 13 heteroatoms. The average molecular weight is 640 g/mol. The molecule has 1 aromatic heterocycles. The molecule has 6 rings (SSSR count). The standard InChI is InChI=1S/C32H41N5O7S/c1-19-5-4-6-20(2)13-29(38)37-18-23(44-28-17-33-25-12-9-22(43-3)14-26(25)34-28)15-27(37)30(39)35-32(16-21(32)8-7-19)31(40)36-45(41,42)24-10-11-24/h7-9,12,14,17,19-21,23-24,27H,4-6,10-11,13,15-16,18H2,1-3H3,(H,35,39)(H,36,40)/b8-7-/t19-,20+,21+,23+,27-,32+/m0/s1. The Morgan fingerprint density at radius 3 is 2.67 bits per heavy atom. The lowest BCUT2D eigenvalue weighted by atomic mass is 9.95. The van der Waals surface area contributed by atoms with E-state index in [1.54, 1.807) is 25.3 Å². The number of hydrogen-bond acceptors (Lipinski definition) is 9. The average Bonchev–Trinajstić information content (AvgIpc) is 3.92. The summed E-state index contributed by atoms with van der Waals surface area (Å²) in [5.41, 5.74) is -0.154. The summed E-state index contributed by atoms with van der Waals surface area (Å²) in [7, 11) is -2.25. The summed E-state index contributed by atoms with van der Waals surface area (Å²) in [5.74, 6) is -0.499. The Labute approximate surface area is 263 Å². The molecule has 0 unspecified atom stereocenters. The minimum atomic E-state index is -3.82. The van der Waals surface area contributed by atoms with Gasteiger partial charge in [0.1, 0.15) is 23.4 Å². The fourth-order valence-electron chi connectivity index (χ4n) is 6.43. The van der Waals surface area contributed by atoms with Gasteiger partial charge in [-0.2, -0.15) is 0 Å². The minimum Gasteiger partial charge on any atom is -0.497 e. The molecule has 242 valence electrons. The van der Waals surface area contributed by atoms with Crippen LogP contribution in [0.3, 0.4) is 0 Å². The molecule has 1 aromatic carbocycles. The van der Waals surface area contributed by atoms with Crippen LogP contribution in [0, 0.1) is 17.8 Å². The van der Waals surface area contributed by atoms with Gasteiger partial charge in [-0.3, -0.25) is 19.1 Å². The zero-order chi connectivity index (χ0) is 31.9. The Kier molecular flexibility index (Phi) is 8.49. The van der Waals surface area contributed by atoms with Crippen LogP contribution in [0.25, 0.3) is 11.0 Å². The smallest absolute Gasteiger partial charge is 0.259 e. The molecular weight excluding hydrogens is 598 g/mol. The number of sulfonamides is 1. The first-order valence-corrected chi connectivity index (χ1v) is 17.4. The van der Waals surface area contributed by atoms with Crippen molar-refractivity contribution >= 4 is 38.8 Å². The van der Waals surface area contributed by atoms with Crippen LogP contribution < -0.4 is 19.5 Å². The van der Waals surface area contributed by atoms with E-state index in [2.05, 4.69) is 26.9 Å². The normalized spacial score (nSPS) is 31.5. The van der Waals surface area contributed by atoms with Gasteiger partial charge in [-0.25, -0.2) is 18.4 Å². The van der Waals surface area contributed by atoms with E-state index >= 15 is 0 Å². The van der Waals surface area contributed by atoms with Crippen molar-refractivity contribution in [1.82, 2.24) is 24.9 Å². The highest BCUT2D eigenvalue weighted by atomic mass is 32.2. The molecule has 45 heavy (non-hydrogen) atoms. The second-order valence-electron chi connectivity index (χ2n) is 13.1. The molecule has 2 aromatic rings. The van der Waals surface area contributed by atoms with Gasteiger partial charge in [-0.05, 0) is 49.7 Å². The summed E-state index contributed by atoms with van der Waals surface area (Å²) >= 11 is 0. The van der Waals surface area contributed by atoms with Crippen molar-refractivity contribution in [3.05, 3.63) is 36.5 Å². The molecule has 0 spiro atoms. The highest BCUT2D eigenvalue weighted by Crippen LogP contribution is 2.46. The van der Waals surface area contributed by atoms with Gasteiger partial charge in [0.25, 0.3) is 5.91 Å². The molecule has 4 aliphatic rings. The zero-order valence-corrected chi connectivity index (χ0v) is 26.7. The van der Waals surface area contributed by atoms with E-state index in [4.69, 9.17) is 9.47 Å². The lowest BCUT2D eigenvalue weighted by Gasteiger charge is -2.27. The highest BCUT2D eigenvalue weighted by Gasteiger charge is 2.62. The molecule has 6 atom stereocenters. The number of carbonyl (C=O) groups excluding carboxylic acids is 3. The fraction of sp³-hybridized carbons (Fsp3) is 0.594. The quantitative estimate of drug-likeness (QED) is 0.454. The fourth-order valence-corrected chi connectivity index (χ4v) is 7.79. The molecule has 2 aliphatic heterocycles. The number of nitrogens with one attached hydrogen (secondary N) is 2. The van der Waals surface area contributed by atoms with Gasteiger partial charge in [-0.1, -0.05) is 38.8 Å². The number of fused-ring (bicyclic) bond motifs is 3. The Bertz CT molecular complexity index is 1630. The molecule has 3 heterocycles. The predicted molar refractivity (Wildman–Crippen MR) is 166 cm³/mol. The molecular formula is C32H41N5O7S.